The predicted octanol–water partition coefficient (Wildman–Crippen LogP) is 1.97. The summed E-state index contributed by atoms with van der Waals surface area (Å²) in [5.74, 6) is 5.85. The minimum atomic E-state index is -0.429. The predicted molar refractivity (Wildman–Crippen MR) is 80.1 cm³/mol. The minimum absolute atomic E-state index is 0.429. The molecule has 0 heterocycles. The Hall–Kier alpha value is -2.04. The molecule has 2 aromatic rings. The average Bonchev–Trinajstić information content (AvgIpc) is 2.44. The van der Waals surface area contributed by atoms with Gasteiger partial charge >= 0.3 is 0 Å². The van der Waals surface area contributed by atoms with Gasteiger partial charge in [-0.15, -0.1) is 0 Å². The van der Waals surface area contributed by atoms with Crippen molar-refractivity contribution >= 4 is 11.4 Å². The Balaban J connectivity index is 2.53. The van der Waals surface area contributed by atoms with Gasteiger partial charge in [0.05, 0.1) is 5.54 Å². The summed E-state index contributed by atoms with van der Waals surface area (Å²) < 4.78 is 0. The third-order valence-corrected chi connectivity index (χ3v) is 3.58. The van der Waals surface area contributed by atoms with Crippen LogP contribution in [0.25, 0.3) is 0 Å². The number of rotatable bonds is 4. The molecule has 100 valence electrons. The zero-order chi connectivity index (χ0) is 13.9. The number of nitrogen functional groups attached to an aromatic ring is 2. The van der Waals surface area contributed by atoms with Gasteiger partial charge in [-0.1, -0.05) is 31.2 Å². The van der Waals surface area contributed by atoms with E-state index in [1.807, 2.05) is 48.5 Å². The smallest absolute Gasteiger partial charge is 0.0816 e. The Morgan fingerprint density at radius 2 is 1.21 bits per heavy atom. The van der Waals surface area contributed by atoms with Crippen molar-refractivity contribution in [3.8, 4) is 0 Å². The highest BCUT2D eigenvalue weighted by Gasteiger charge is 2.30. The lowest BCUT2D eigenvalue weighted by atomic mass is 9.81. The number of hydrogen-bond donors (Lipinski definition) is 4. The van der Waals surface area contributed by atoms with Crippen LogP contribution in [0.5, 0.6) is 0 Å². The molecular weight excluding hydrogens is 236 g/mol. The summed E-state index contributed by atoms with van der Waals surface area (Å²) in [7, 11) is 0. The SMILES string of the molecule is CCC(NN)(c1ccc(N)cc1)c1ccc(N)cc1. The molecule has 4 heteroatoms. The highest BCUT2D eigenvalue weighted by Crippen LogP contribution is 2.33. The molecule has 0 aliphatic rings. The van der Waals surface area contributed by atoms with Gasteiger partial charge in [-0.2, -0.15) is 0 Å². The second-order valence-electron chi connectivity index (χ2n) is 4.65. The molecule has 0 radical (unpaired) electrons. The van der Waals surface area contributed by atoms with Gasteiger partial charge in [0, 0.05) is 11.4 Å². The number of hydrogen-bond acceptors (Lipinski definition) is 4. The summed E-state index contributed by atoms with van der Waals surface area (Å²) >= 11 is 0. The first-order chi connectivity index (χ1) is 9.12. The van der Waals surface area contributed by atoms with Crippen LogP contribution < -0.4 is 22.7 Å². The van der Waals surface area contributed by atoms with E-state index in [1.54, 1.807) is 0 Å². The summed E-state index contributed by atoms with van der Waals surface area (Å²) in [4.78, 5) is 0. The van der Waals surface area contributed by atoms with Crippen LogP contribution in [0, 0.1) is 0 Å². The van der Waals surface area contributed by atoms with E-state index in [9.17, 15) is 0 Å². The monoisotopic (exact) mass is 256 g/mol. The molecule has 0 spiro atoms. The zero-order valence-corrected chi connectivity index (χ0v) is 11.1. The van der Waals surface area contributed by atoms with Crippen molar-refractivity contribution in [1.82, 2.24) is 5.43 Å². The van der Waals surface area contributed by atoms with Gasteiger partial charge < -0.3 is 11.5 Å². The number of nitrogens with two attached hydrogens (primary N) is 3. The van der Waals surface area contributed by atoms with Gasteiger partial charge in [-0.3, -0.25) is 5.84 Å². The van der Waals surface area contributed by atoms with Gasteiger partial charge in [0.15, 0.2) is 0 Å². The molecule has 0 aromatic heterocycles. The molecule has 0 aliphatic heterocycles. The van der Waals surface area contributed by atoms with Crippen LogP contribution in [0.3, 0.4) is 0 Å². The fraction of sp³-hybridized carbons (Fsp3) is 0.200. The van der Waals surface area contributed by atoms with Crippen molar-refractivity contribution < 1.29 is 0 Å². The molecule has 0 fully saturated rings. The summed E-state index contributed by atoms with van der Waals surface area (Å²) in [6, 6.07) is 15.5. The topological polar surface area (TPSA) is 90.1 Å². The number of benzene rings is 2. The van der Waals surface area contributed by atoms with Crippen molar-refractivity contribution in [2.45, 2.75) is 18.9 Å². The molecule has 7 N–H and O–H groups in total. The Labute approximate surface area is 113 Å². The van der Waals surface area contributed by atoms with Gasteiger partial charge in [0.25, 0.3) is 0 Å². The molecule has 0 bridgehead atoms. The molecule has 0 unspecified atom stereocenters. The van der Waals surface area contributed by atoms with E-state index in [1.165, 1.54) is 0 Å². The van der Waals surface area contributed by atoms with E-state index in [0.717, 1.165) is 28.9 Å². The maximum absolute atomic E-state index is 5.85. The number of anilines is 2. The second-order valence-corrected chi connectivity index (χ2v) is 4.65. The van der Waals surface area contributed by atoms with Gasteiger partial charge in [0.2, 0.25) is 0 Å². The van der Waals surface area contributed by atoms with Crippen molar-refractivity contribution in [1.29, 1.82) is 0 Å². The van der Waals surface area contributed by atoms with E-state index < -0.39 is 5.54 Å². The summed E-state index contributed by atoms with van der Waals surface area (Å²) in [5.41, 5.74) is 17.7. The average molecular weight is 256 g/mol. The lowest BCUT2D eigenvalue weighted by Gasteiger charge is -2.33. The van der Waals surface area contributed by atoms with Crippen LogP contribution in [0.2, 0.25) is 0 Å². The molecule has 0 atom stereocenters. The lowest BCUT2D eigenvalue weighted by Crippen LogP contribution is -2.47. The van der Waals surface area contributed by atoms with E-state index >= 15 is 0 Å². The van der Waals surface area contributed by atoms with Crippen molar-refractivity contribution in [2.24, 2.45) is 5.84 Å². The maximum atomic E-state index is 5.85. The first-order valence-corrected chi connectivity index (χ1v) is 6.32. The number of nitrogens with one attached hydrogen (secondary N) is 1. The minimum Gasteiger partial charge on any atom is -0.399 e. The Bertz CT molecular complexity index is 480. The van der Waals surface area contributed by atoms with E-state index in [4.69, 9.17) is 17.3 Å². The molecule has 0 saturated heterocycles. The molecule has 2 rings (SSSR count). The fourth-order valence-corrected chi connectivity index (χ4v) is 2.38. The Morgan fingerprint density at radius 1 is 0.842 bits per heavy atom. The molecule has 0 aliphatic carbocycles. The normalized spacial score (nSPS) is 11.5. The van der Waals surface area contributed by atoms with Crippen molar-refractivity contribution in [3.63, 3.8) is 0 Å². The van der Waals surface area contributed by atoms with Crippen LogP contribution >= 0.6 is 0 Å². The first kappa shape index (κ1) is 13.4. The quantitative estimate of drug-likeness (QED) is 0.382. The zero-order valence-electron chi connectivity index (χ0n) is 11.1. The van der Waals surface area contributed by atoms with E-state index in [2.05, 4.69) is 12.3 Å². The highest BCUT2D eigenvalue weighted by atomic mass is 15.3. The van der Waals surface area contributed by atoms with Crippen LogP contribution in [-0.2, 0) is 5.54 Å². The molecular formula is C15H20N4. The summed E-state index contributed by atoms with van der Waals surface area (Å²) in [5, 5.41) is 0. The third kappa shape index (κ3) is 2.41. The lowest BCUT2D eigenvalue weighted by molar-refractivity contribution is 0.396. The molecule has 0 saturated carbocycles. The third-order valence-electron chi connectivity index (χ3n) is 3.58. The molecule has 2 aromatic carbocycles. The maximum Gasteiger partial charge on any atom is 0.0816 e. The Morgan fingerprint density at radius 3 is 1.47 bits per heavy atom. The largest absolute Gasteiger partial charge is 0.399 e. The van der Waals surface area contributed by atoms with Crippen LogP contribution in [0.1, 0.15) is 24.5 Å². The number of hydrazine groups is 1. The fourth-order valence-electron chi connectivity index (χ4n) is 2.38. The van der Waals surface area contributed by atoms with Crippen LogP contribution in [-0.4, -0.2) is 0 Å². The van der Waals surface area contributed by atoms with Gasteiger partial charge in [-0.25, -0.2) is 5.43 Å². The molecule has 0 amide bonds. The summed E-state index contributed by atoms with van der Waals surface area (Å²) in [6.45, 7) is 2.09. The highest BCUT2D eigenvalue weighted by molar-refractivity contribution is 5.48. The van der Waals surface area contributed by atoms with Gasteiger partial charge in [0.1, 0.15) is 0 Å². The van der Waals surface area contributed by atoms with E-state index in [0.29, 0.717) is 0 Å². The first-order valence-electron chi connectivity index (χ1n) is 6.32. The standard InChI is InChI=1S/C15H20N4/c1-2-15(19-18,11-3-7-13(16)8-4-11)12-5-9-14(17)10-6-12/h3-10,19H,2,16-18H2,1H3. The molecule has 19 heavy (non-hydrogen) atoms. The molecule has 4 nitrogen and oxygen atoms in total. The van der Waals surface area contributed by atoms with E-state index in [-0.39, 0.29) is 0 Å². The van der Waals surface area contributed by atoms with Crippen molar-refractivity contribution in [2.75, 3.05) is 11.5 Å². The van der Waals surface area contributed by atoms with Crippen LogP contribution in [0.15, 0.2) is 48.5 Å². The Kier molecular flexibility index (Phi) is 3.74. The summed E-state index contributed by atoms with van der Waals surface area (Å²) in [6.07, 6.45) is 0.817. The second kappa shape index (κ2) is 5.30. The van der Waals surface area contributed by atoms with Gasteiger partial charge in [-0.05, 0) is 41.8 Å². The van der Waals surface area contributed by atoms with Crippen LogP contribution in [0.4, 0.5) is 11.4 Å². The van der Waals surface area contributed by atoms with Crippen molar-refractivity contribution in [3.05, 3.63) is 59.7 Å².